The van der Waals surface area contributed by atoms with Crippen molar-refractivity contribution in [2.24, 2.45) is 0 Å². The van der Waals surface area contributed by atoms with Gasteiger partial charge in [0.15, 0.2) is 6.10 Å². The number of unbranched alkanes of at least 4 members (excludes halogenated alkanes) is 12. The first kappa shape index (κ1) is 28.3. The first-order valence-electron chi connectivity index (χ1n) is 11.6. The van der Waals surface area contributed by atoms with Gasteiger partial charge in [0.05, 0.1) is 13.0 Å². The third kappa shape index (κ3) is 21.0. The van der Waals surface area contributed by atoms with Crippen LogP contribution in [0.15, 0.2) is 12.2 Å². The predicted molar refractivity (Wildman–Crippen MR) is 118 cm³/mol. The molecule has 0 heterocycles. The number of aliphatic hydroxyl groups is 1. The van der Waals surface area contributed by atoms with Crippen molar-refractivity contribution < 1.29 is 29.3 Å². The van der Waals surface area contributed by atoms with Gasteiger partial charge in [0, 0.05) is 6.42 Å². The lowest BCUT2D eigenvalue weighted by atomic mass is 10.1. The van der Waals surface area contributed by atoms with Gasteiger partial charge in [-0.3, -0.25) is 4.79 Å². The Morgan fingerprint density at radius 3 is 1.73 bits per heavy atom. The molecule has 0 aromatic rings. The summed E-state index contributed by atoms with van der Waals surface area (Å²) in [5.74, 6) is -1.77. The third-order valence-corrected chi connectivity index (χ3v) is 4.97. The van der Waals surface area contributed by atoms with Crippen LogP contribution in [0, 0.1) is 0 Å². The molecule has 0 aliphatic carbocycles. The van der Waals surface area contributed by atoms with Gasteiger partial charge in [0.25, 0.3) is 0 Å². The third-order valence-electron chi connectivity index (χ3n) is 4.97. The summed E-state index contributed by atoms with van der Waals surface area (Å²) < 4.78 is 4.86. The number of carboxylic acids is 1. The average molecular weight is 427 g/mol. The van der Waals surface area contributed by atoms with Crippen molar-refractivity contribution in [2.45, 2.75) is 116 Å². The summed E-state index contributed by atoms with van der Waals surface area (Å²) in [6, 6.07) is 0. The number of carbonyl (C=O) groups is 3. The van der Waals surface area contributed by atoms with E-state index >= 15 is 0 Å². The van der Waals surface area contributed by atoms with Gasteiger partial charge in [0.2, 0.25) is 0 Å². The van der Waals surface area contributed by atoms with Gasteiger partial charge < -0.3 is 19.7 Å². The number of hydrogen-bond donors (Lipinski definition) is 2. The average Bonchev–Trinajstić information content (AvgIpc) is 2.68. The van der Waals surface area contributed by atoms with Crippen molar-refractivity contribution in [1.82, 2.24) is 0 Å². The summed E-state index contributed by atoms with van der Waals surface area (Å²) in [7, 11) is 0. The Labute approximate surface area is 182 Å². The summed E-state index contributed by atoms with van der Waals surface area (Å²) in [6.45, 7) is 1.90. The number of esters is 1. The molecule has 0 saturated heterocycles. The van der Waals surface area contributed by atoms with Gasteiger partial charge in [0.1, 0.15) is 5.78 Å². The molecule has 6 nitrogen and oxygen atoms in total. The van der Waals surface area contributed by atoms with Gasteiger partial charge in [-0.05, 0) is 45.4 Å². The highest BCUT2D eigenvalue weighted by molar-refractivity contribution is 5.80. The minimum atomic E-state index is -1.57. The highest BCUT2D eigenvalue weighted by Gasteiger charge is 2.19. The molecule has 0 bridgehead atoms. The quantitative estimate of drug-likeness (QED) is 0.145. The molecule has 0 radical (unpaired) electrons. The highest BCUT2D eigenvalue weighted by atomic mass is 16.5. The number of Topliss-reactive ketones (excluding diaryl/α,β-unsaturated/α-hetero) is 1. The lowest BCUT2D eigenvalue weighted by Crippen LogP contribution is -2.26. The zero-order valence-electron chi connectivity index (χ0n) is 18.8. The molecule has 174 valence electrons. The lowest BCUT2D eigenvalue weighted by Gasteiger charge is -2.08. The van der Waals surface area contributed by atoms with Crippen LogP contribution in [0.5, 0.6) is 0 Å². The number of ketones is 1. The molecule has 2 N–H and O–H groups in total. The van der Waals surface area contributed by atoms with E-state index in [0.29, 0.717) is 5.78 Å². The minimum Gasteiger partial charge on any atom is -0.481 e. The molecule has 0 aliphatic heterocycles. The lowest BCUT2D eigenvalue weighted by molar-refractivity contribution is -0.158. The Morgan fingerprint density at radius 2 is 1.23 bits per heavy atom. The second-order valence-corrected chi connectivity index (χ2v) is 8.02. The maximum atomic E-state index is 11.3. The second-order valence-electron chi connectivity index (χ2n) is 8.02. The van der Waals surface area contributed by atoms with Crippen molar-refractivity contribution in [1.29, 1.82) is 0 Å². The van der Waals surface area contributed by atoms with Gasteiger partial charge in [-0.2, -0.15) is 0 Å². The van der Waals surface area contributed by atoms with Crippen molar-refractivity contribution >= 4 is 17.7 Å². The molecule has 0 rings (SSSR count). The monoisotopic (exact) mass is 426 g/mol. The number of hydrogen-bond acceptors (Lipinski definition) is 5. The number of carboxylic acid groups (broad SMARTS) is 1. The van der Waals surface area contributed by atoms with Crippen molar-refractivity contribution in [3.63, 3.8) is 0 Å². The Balaban J connectivity index is 3.28. The van der Waals surface area contributed by atoms with Crippen LogP contribution in [-0.4, -0.2) is 40.6 Å². The smallest absolute Gasteiger partial charge is 0.335 e. The topological polar surface area (TPSA) is 101 Å². The predicted octanol–water partition coefficient (Wildman–Crippen LogP) is 5.36. The molecular weight excluding hydrogens is 384 g/mol. The molecule has 0 aromatic heterocycles. The van der Waals surface area contributed by atoms with Crippen LogP contribution < -0.4 is 0 Å². The number of carbonyl (C=O) groups excluding carboxylic acids is 2. The van der Waals surface area contributed by atoms with Crippen LogP contribution in [0.1, 0.15) is 110 Å². The fourth-order valence-electron chi connectivity index (χ4n) is 3.17. The summed E-state index contributed by atoms with van der Waals surface area (Å²) in [4.78, 5) is 32.5. The fourth-order valence-corrected chi connectivity index (χ4v) is 3.17. The molecule has 0 aromatic carbocycles. The SMILES string of the molecule is CC(=O)CCCCCCCC/C=C\CCCCCCCCOC(=O)C(O)CC(=O)O. The van der Waals surface area contributed by atoms with Crippen LogP contribution in [0.4, 0.5) is 0 Å². The molecular formula is C24H42O6. The molecule has 0 amide bonds. The Hall–Kier alpha value is -1.69. The standard InChI is InChI=1S/C24H42O6/c1-21(25)18-16-14-12-10-8-6-4-2-3-5-7-9-11-13-15-17-19-30-24(29)22(26)20-23(27)28/h2-3,22,26H,4-20H2,1H3,(H,27,28)/b3-2-. The van der Waals surface area contributed by atoms with Crippen molar-refractivity contribution in [2.75, 3.05) is 6.61 Å². The largest absolute Gasteiger partial charge is 0.481 e. The van der Waals surface area contributed by atoms with E-state index in [1.165, 1.54) is 44.9 Å². The van der Waals surface area contributed by atoms with Gasteiger partial charge in [-0.15, -0.1) is 0 Å². The zero-order chi connectivity index (χ0) is 22.5. The summed E-state index contributed by atoms with van der Waals surface area (Å²) in [5.41, 5.74) is 0. The second kappa shape index (κ2) is 20.6. The van der Waals surface area contributed by atoms with Crippen molar-refractivity contribution in [3.8, 4) is 0 Å². The molecule has 0 saturated carbocycles. The van der Waals surface area contributed by atoms with Gasteiger partial charge in [-0.1, -0.05) is 63.5 Å². The fraction of sp³-hybridized carbons (Fsp3) is 0.792. The van der Waals surface area contributed by atoms with Crippen LogP contribution >= 0.6 is 0 Å². The maximum absolute atomic E-state index is 11.3. The van der Waals surface area contributed by atoms with E-state index < -0.39 is 24.5 Å². The van der Waals surface area contributed by atoms with E-state index in [1.807, 2.05) is 0 Å². The normalized spacial score (nSPS) is 12.2. The molecule has 1 atom stereocenters. The van der Waals surface area contributed by atoms with Gasteiger partial charge in [-0.25, -0.2) is 4.79 Å². The van der Waals surface area contributed by atoms with E-state index in [4.69, 9.17) is 9.84 Å². The van der Waals surface area contributed by atoms with Crippen LogP contribution in [0.3, 0.4) is 0 Å². The van der Waals surface area contributed by atoms with Crippen LogP contribution in [-0.2, 0) is 19.1 Å². The van der Waals surface area contributed by atoms with Crippen LogP contribution in [0.2, 0.25) is 0 Å². The van der Waals surface area contributed by atoms with E-state index in [2.05, 4.69) is 12.2 Å². The number of rotatable bonds is 21. The molecule has 0 fully saturated rings. The number of aliphatic carboxylic acids is 1. The van der Waals surface area contributed by atoms with E-state index in [0.717, 1.165) is 51.4 Å². The maximum Gasteiger partial charge on any atom is 0.335 e. The van der Waals surface area contributed by atoms with Gasteiger partial charge >= 0.3 is 11.9 Å². The summed E-state index contributed by atoms with van der Waals surface area (Å²) >= 11 is 0. The molecule has 30 heavy (non-hydrogen) atoms. The van der Waals surface area contributed by atoms with Crippen molar-refractivity contribution in [3.05, 3.63) is 12.2 Å². The van der Waals surface area contributed by atoms with E-state index in [-0.39, 0.29) is 6.61 Å². The van der Waals surface area contributed by atoms with Crippen LogP contribution in [0.25, 0.3) is 0 Å². The Bertz CT molecular complexity index is 486. The number of allylic oxidation sites excluding steroid dienone is 2. The molecule has 1 unspecified atom stereocenters. The van der Waals surface area contributed by atoms with E-state index in [1.54, 1.807) is 6.92 Å². The molecule has 6 heteroatoms. The first-order chi connectivity index (χ1) is 14.4. The summed E-state index contributed by atoms with van der Waals surface area (Å²) in [6.07, 6.45) is 19.0. The number of aliphatic hydroxyl groups excluding tert-OH is 1. The molecule has 0 spiro atoms. The highest BCUT2D eigenvalue weighted by Crippen LogP contribution is 2.11. The summed E-state index contributed by atoms with van der Waals surface area (Å²) in [5, 5.41) is 17.8. The Kier molecular flexibility index (Phi) is 19.4. The minimum absolute atomic E-state index is 0.233. The molecule has 0 aliphatic rings. The Morgan fingerprint density at radius 1 is 0.767 bits per heavy atom. The zero-order valence-corrected chi connectivity index (χ0v) is 18.8. The number of ether oxygens (including phenoxy) is 1. The van der Waals surface area contributed by atoms with E-state index in [9.17, 15) is 19.5 Å². The first-order valence-corrected chi connectivity index (χ1v) is 11.6.